The molecule has 8 heterocycles. The first kappa shape index (κ1) is 36.6. The van der Waals surface area contributed by atoms with E-state index in [-0.39, 0.29) is 41.9 Å². The van der Waals surface area contributed by atoms with Gasteiger partial charge in [-0.15, -0.1) is 0 Å². The molecule has 2 saturated heterocycles. The van der Waals surface area contributed by atoms with Gasteiger partial charge in [0.15, 0.2) is 5.82 Å². The van der Waals surface area contributed by atoms with Gasteiger partial charge >= 0.3 is 0 Å². The van der Waals surface area contributed by atoms with Crippen LogP contribution in [0, 0.1) is 18.8 Å². The third-order valence-corrected chi connectivity index (χ3v) is 10.7. The molecule has 0 aliphatic carbocycles. The smallest absolute Gasteiger partial charge is 0.270 e. The molecule has 2 N–H and O–H groups in total. The fourth-order valence-electron chi connectivity index (χ4n) is 7.68. The Kier molecular flexibility index (Phi) is 9.58. The number of carbonyl (C=O) groups excluding carboxylic acids is 3. The number of aryl methyl sites for hydroxylation is 3. The Morgan fingerprint density at radius 2 is 1.84 bits per heavy atom. The highest BCUT2D eigenvalue weighted by atomic mass is 16.5. The number of furan rings is 1. The summed E-state index contributed by atoms with van der Waals surface area (Å²) in [6.07, 6.45) is 7.20. The molecule has 6 aromatic rings. The number of carbonyl (C=O) groups is 3. The molecule has 0 bridgehead atoms. The predicted octanol–water partition coefficient (Wildman–Crippen LogP) is 3.46. The topological polar surface area (TPSA) is 191 Å². The summed E-state index contributed by atoms with van der Waals surface area (Å²) in [6, 6.07) is 10.7. The van der Waals surface area contributed by atoms with E-state index in [9.17, 15) is 19.2 Å². The van der Waals surface area contributed by atoms with Crippen molar-refractivity contribution >= 4 is 57.2 Å². The number of piperidine rings is 1. The van der Waals surface area contributed by atoms with E-state index >= 15 is 0 Å². The van der Waals surface area contributed by atoms with Crippen LogP contribution in [0.15, 0.2) is 64.3 Å². The Hall–Kier alpha value is -6.99. The van der Waals surface area contributed by atoms with Crippen LogP contribution in [-0.4, -0.2) is 86.6 Å². The van der Waals surface area contributed by atoms with Crippen LogP contribution in [0.4, 0.5) is 17.5 Å². The number of ether oxygens (including phenoxy) is 1. The summed E-state index contributed by atoms with van der Waals surface area (Å²) >= 11 is 0. The van der Waals surface area contributed by atoms with Crippen molar-refractivity contribution in [3.63, 3.8) is 0 Å². The minimum absolute atomic E-state index is 0.0849. The Balaban J connectivity index is 0.900. The SMILES string of the molecule is Cc1cc2c(N3CCCc4nc(-c5ccc(C(=O)NCC#Cc6ccc7occ(C8CCC(=O)NC8=O)c7c6)nc5)ncc43)nc(N3CCOCC3)nc2n(C)c1=O. The molecule has 3 amide bonds. The Morgan fingerprint density at radius 3 is 2.66 bits per heavy atom. The van der Waals surface area contributed by atoms with E-state index in [0.717, 1.165) is 35.0 Å². The molecule has 2 fully saturated rings. The van der Waals surface area contributed by atoms with Gasteiger partial charge in [0.05, 0.1) is 54.9 Å². The number of pyridine rings is 2. The van der Waals surface area contributed by atoms with Crippen molar-refractivity contribution in [1.29, 1.82) is 0 Å². The van der Waals surface area contributed by atoms with Gasteiger partial charge in [0.2, 0.25) is 17.8 Å². The quantitative estimate of drug-likeness (QED) is 0.185. The minimum atomic E-state index is -0.473. The second-order valence-corrected chi connectivity index (χ2v) is 14.5. The number of hydrogen-bond acceptors (Lipinski definition) is 13. The summed E-state index contributed by atoms with van der Waals surface area (Å²) in [4.78, 5) is 78.2. The number of anilines is 3. The van der Waals surface area contributed by atoms with Crippen molar-refractivity contribution in [3.8, 4) is 23.2 Å². The second-order valence-electron chi connectivity index (χ2n) is 14.5. The van der Waals surface area contributed by atoms with Gasteiger partial charge in [0.1, 0.15) is 22.7 Å². The summed E-state index contributed by atoms with van der Waals surface area (Å²) < 4.78 is 12.8. The molecule has 9 rings (SSSR count). The van der Waals surface area contributed by atoms with Gasteiger partial charge in [-0.3, -0.25) is 34.0 Å². The lowest BCUT2D eigenvalue weighted by Gasteiger charge is -2.32. The van der Waals surface area contributed by atoms with Crippen LogP contribution in [0.25, 0.3) is 33.4 Å². The van der Waals surface area contributed by atoms with Gasteiger partial charge < -0.3 is 24.3 Å². The predicted molar refractivity (Wildman–Crippen MR) is 214 cm³/mol. The first-order valence-electron chi connectivity index (χ1n) is 19.1. The maximum absolute atomic E-state index is 13.0. The van der Waals surface area contributed by atoms with Gasteiger partial charge in [-0.25, -0.2) is 9.97 Å². The Labute approximate surface area is 331 Å². The lowest BCUT2D eigenvalue weighted by molar-refractivity contribution is -0.134. The monoisotopic (exact) mass is 778 g/mol. The number of morpholine rings is 1. The number of rotatable bonds is 6. The third-order valence-electron chi connectivity index (χ3n) is 10.7. The van der Waals surface area contributed by atoms with Gasteiger partial charge in [-0.1, -0.05) is 11.8 Å². The zero-order valence-electron chi connectivity index (χ0n) is 31.9. The third kappa shape index (κ3) is 6.89. The van der Waals surface area contributed by atoms with Crippen LogP contribution in [-0.2, 0) is 27.8 Å². The number of benzene rings is 1. The number of aromatic nitrogens is 6. The fourth-order valence-corrected chi connectivity index (χ4v) is 7.68. The molecule has 292 valence electrons. The molecule has 58 heavy (non-hydrogen) atoms. The molecule has 3 aliphatic heterocycles. The molecule has 0 radical (unpaired) electrons. The summed E-state index contributed by atoms with van der Waals surface area (Å²) in [5.74, 6) is 6.30. The standard InChI is InChI=1S/C42H38N10O6/c1-24-19-29-37(50(2)41(24)56)48-42(51-15-17-57-18-16-51)49-38(29)52-14-4-6-31-33(52)22-45-36(46-31)26-8-10-32(44-21-26)40(55)43-13-3-5-25-7-11-34-28(20-25)30(23-58-34)27-9-12-35(53)47-39(27)54/h7-8,10-11,19-23,27H,4,6,9,12-18H2,1-2H3,(H,43,55)(H,47,53,54). The van der Waals surface area contributed by atoms with E-state index in [1.54, 1.807) is 61.5 Å². The van der Waals surface area contributed by atoms with Crippen molar-refractivity contribution < 1.29 is 23.5 Å². The molecule has 0 spiro atoms. The molecular formula is C42H38N10O6. The number of nitrogens with one attached hydrogen (secondary N) is 2. The number of nitrogens with zero attached hydrogens (tertiary/aromatic N) is 8. The summed E-state index contributed by atoms with van der Waals surface area (Å²) in [5, 5.41) is 6.72. The second kappa shape index (κ2) is 15.2. The lowest BCUT2D eigenvalue weighted by atomic mass is 9.90. The average Bonchev–Trinajstić information content (AvgIpc) is 3.67. The van der Waals surface area contributed by atoms with Crippen LogP contribution in [0.2, 0.25) is 0 Å². The van der Waals surface area contributed by atoms with Crippen LogP contribution in [0.1, 0.15) is 58.1 Å². The molecule has 16 nitrogen and oxygen atoms in total. The molecule has 1 aromatic carbocycles. The van der Waals surface area contributed by atoms with Crippen LogP contribution in [0.5, 0.6) is 0 Å². The van der Waals surface area contributed by atoms with Gasteiger partial charge in [-0.05, 0) is 62.6 Å². The molecule has 1 unspecified atom stereocenters. The number of amides is 3. The van der Waals surface area contributed by atoms with Crippen molar-refractivity contribution in [1.82, 2.24) is 40.1 Å². The average molecular weight is 779 g/mol. The van der Waals surface area contributed by atoms with Crippen molar-refractivity contribution in [3.05, 3.63) is 93.5 Å². The summed E-state index contributed by atoms with van der Waals surface area (Å²) in [7, 11) is 1.74. The highest BCUT2D eigenvalue weighted by molar-refractivity contribution is 6.03. The van der Waals surface area contributed by atoms with E-state index in [4.69, 9.17) is 29.1 Å². The van der Waals surface area contributed by atoms with Crippen molar-refractivity contribution in [2.24, 2.45) is 7.05 Å². The Morgan fingerprint density at radius 1 is 0.983 bits per heavy atom. The highest BCUT2D eigenvalue weighted by Gasteiger charge is 2.31. The first-order chi connectivity index (χ1) is 28.2. The molecule has 5 aromatic heterocycles. The zero-order chi connectivity index (χ0) is 39.9. The maximum atomic E-state index is 13.0. The number of fused-ring (bicyclic) bond motifs is 3. The zero-order valence-corrected chi connectivity index (χ0v) is 31.9. The van der Waals surface area contributed by atoms with E-state index in [2.05, 4.69) is 37.3 Å². The minimum Gasteiger partial charge on any atom is -0.464 e. The van der Waals surface area contributed by atoms with Gasteiger partial charge in [0, 0.05) is 66.9 Å². The molecule has 1 atom stereocenters. The largest absolute Gasteiger partial charge is 0.464 e. The normalized spacial score (nSPS) is 16.8. The van der Waals surface area contributed by atoms with Crippen LogP contribution < -0.4 is 26.0 Å². The summed E-state index contributed by atoms with van der Waals surface area (Å²) in [5.41, 5.74) is 5.66. The molecule has 16 heteroatoms. The van der Waals surface area contributed by atoms with Crippen LogP contribution in [0.3, 0.4) is 0 Å². The van der Waals surface area contributed by atoms with E-state index in [1.165, 1.54) is 0 Å². The summed E-state index contributed by atoms with van der Waals surface area (Å²) in [6.45, 7) is 5.02. The van der Waals surface area contributed by atoms with E-state index < -0.39 is 5.92 Å². The number of hydrogen-bond donors (Lipinski definition) is 2. The van der Waals surface area contributed by atoms with Gasteiger partial charge in [0.25, 0.3) is 11.5 Å². The lowest BCUT2D eigenvalue weighted by Crippen LogP contribution is -2.39. The first-order valence-corrected chi connectivity index (χ1v) is 19.1. The molecule has 0 saturated carbocycles. The fraction of sp³-hybridized carbons (Fsp3) is 0.310. The van der Waals surface area contributed by atoms with Crippen LogP contribution >= 0.6 is 0 Å². The molecular weight excluding hydrogens is 741 g/mol. The maximum Gasteiger partial charge on any atom is 0.270 e. The van der Waals surface area contributed by atoms with Crippen molar-refractivity contribution in [2.75, 3.05) is 49.2 Å². The van der Waals surface area contributed by atoms with Crippen molar-refractivity contribution in [2.45, 2.75) is 38.5 Å². The number of imide groups is 1. The Bertz CT molecular complexity index is 2760. The van der Waals surface area contributed by atoms with Gasteiger partial charge in [-0.2, -0.15) is 9.97 Å². The van der Waals surface area contributed by atoms with E-state index in [1.807, 2.05) is 12.1 Å². The molecule has 3 aliphatic rings. The van der Waals surface area contributed by atoms with E-state index in [0.29, 0.717) is 90.3 Å². The highest BCUT2D eigenvalue weighted by Crippen LogP contribution is 2.37.